The Labute approximate surface area is 119 Å². The number of ether oxygens (including phenoxy) is 1. The average Bonchev–Trinajstić information content (AvgIpc) is 2.43. The van der Waals surface area contributed by atoms with Gasteiger partial charge in [0.05, 0.1) is 6.04 Å². The van der Waals surface area contributed by atoms with Crippen LogP contribution < -0.4 is 0 Å². The molecule has 1 aliphatic heterocycles. The summed E-state index contributed by atoms with van der Waals surface area (Å²) in [5, 5.41) is 10.1. The molecule has 1 amide bonds. The van der Waals surface area contributed by atoms with Crippen molar-refractivity contribution in [2.45, 2.75) is 38.3 Å². The molecule has 0 spiro atoms. The van der Waals surface area contributed by atoms with Crippen molar-refractivity contribution >= 4 is 6.09 Å². The predicted molar refractivity (Wildman–Crippen MR) is 75.4 cm³/mol. The fraction of sp³-hybridized carbons (Fsp3) is 0.562. The summed E-state index contributed by atoms with van der Waals surface area (Å²) in [4.78, 5) is 13.7. The summed E-state index contributed by atoms with van der Waals surface area (Å²) < 4.78 is 5.61. The first-order chi connectivity index (χ1) is 9.59. The van der Waals surface area contributed by atoms with Gasteiger partial charge in [0.25, 0.3) is 0 Å². The summed E-state index contributed by atoms with van der Waals surface area (Å²) in [6.07, 6.45) is 2.97. The lowest BCUT2D eigenvalue weighted by molar-refractivity contribution is -0.0777. The highest BCUT2D eigenvalue weighted by Crippen LogP contribution is 2.46. The van der Waals surface area contributed by atoms with Gasteiger partial charge in [0.15, 0.2) is 0 Å². The van der Waals surface area contributed by atoms with E-state index in [1.54, 1.807) is 24.1 Å². The molecule has 1 saturated heterocycles. The number of carbonyl (C=O) groups is 1. The van der Waals surface area contributed by atoms with Crippen molar-refractivity contribution < 1.29 is 14.6 Å². The third-order valence-corrected chi connectivity index (χ3v) is 4.78. The topological polar surface area (TPSA) is 49.8 Å². The van der Waals surface area contributed by atoms with Crippen molar-refractivity contribution in [2.24, 2.45) is 11.8 Å². The molecule has 4 atom stereocenters. The number of rotatable bonds is 1. The molecule has 3 rings (SSSR count). The molecule has 1 N–H and O–H groups in total. The van der Waals surface area contributed by atoms with Gasteiger partial charge in [-0.05, 0) is 24.8 Å². The Kier molecular flexibility index (Phi) is 3.32. The van der Waals surface area contributed by atoms with Crippen LogP contribution in [0.25, 0.3) is 0 Å². The van der Waals surface area contributed by atoms with Gasteiger partial charge in [0.2, 0.25) is 0 Å². The first-order valence-electron chi connectivity index (χ1n) is 7.31. The van der Waals surface area contributed by atoms with Crippen LogP contribution in [0.15, 0.2) is 24.3 Å². The lowest BCUT2D eigenvalue weighted by Crippen LogP contribution is -2.52. The zero-order valence-electron chi connectivity index (χ0n) is 12.0. The predicted octanol–water partition coefficient (Wildman–Crippen LogP) is 3.32. The maximum absolute atomic E-state index is 12.1. The minimum atomic E-state index is -0.284. The van der Waals surface area contributed by atoms with Crippen molar-refractivity contribution in [2.75, 3.05) is 7.05 Å². The van der Waals surface area contributed by atoms with Crippen LogP contribution in [-0.2, 0) is 4.74 Å². The van der Waals surface area contributed by atoms with Gasteiger partial charge in [-0.15, -0.1) is 0 Å². The summed E-state index contributed by atoms with van der Waals surface area (Å²) in [5.41, 5.74) is 0.829. The molecule has 4 heteroatoms. The largest absolute Gasteiger partial charge is 0.508 e. The molecule has 4 unspecified atom stereocenters. The zero-order chi connectivity index (χ0) is 14.3. The smallest absolute Gasteiger partial charge is 0.410 e. The zero-order valence-corrected chi connectivity index (χ0v) is 12.0. The first-order valence-corrected chi connectivity index (χ1v) is 7.31. The molecule has 0 radical (unpaired) electrons. The molecule has 1 aliphatic carbocycles. The number of carbonyl (C=O) groups excluding carboxylic acids is 1. The maximum Gasteiger partial charge on any atom is 0.410 e. The van der Waals surface area contributed by atoms with Gasteiger partial charge in [-0.3, -0.25) is 0 Å². The molecule has 20 heavy (non-hydrogen) atoms. The summed E-state index contributed by atoms with van der Waals surface area (Å²) in [7, 11) is 1.76. The highest BCUT2D eigenvalue weighted by molar-refractivity contribution is 5.69. The Morgan fingerprint density at radius 3 is 2.80 bits per heavy atom. The second-order valence-electron chi connectivity index (χ2n) is 6.03. The molecule has 0 bridgehead atoms. The minimum Gasteiger partial charge on any atom is -0.508 e. The molecule has 0 aromatic heterocycles. The van der Waals surface area contributed by atoms with Crippen LogP contribution in [0.1, 0.15) is 37.8 Å². The number of benzene rings is 1. The van der Waals surface area contributed by atoms with Crippen LogP contribution >= 0.6 is 0 Å². The quantitative estimate of drug-likeness (QED) is 0.855. The van der Waals surface area contributed by atoms with Crippen LogP contribution in [0.3, 0.4) is 0 Å². The molecule has 1 heterocycles. The van der Waals surface area contributed by atoms with Crippen LogP contribution in [0, 0.1) is 11.8 Å². The van der Waals surface area contributed by atoms with Crippen molar-refractivity contribution in [3.05, 3.63) is 29.8 Å². The second kappa shape index (κ2) is 5.00. The van der Waals surface area contributed by atoms with Gasteiger partial charge in [-0.25, -0.2) is 4.79 Å². The van der Waals surface area contributed by atoms with Crippen LogP contribution in [0.4, 0.5) is 4.79 Å². The molecule has 1 saturated carbocycles. The number of fused-ring (bicyclic) bond motifs is 1. The summed E-state index contributed by atoms with van der Waals surface area (Å²) >= 11 is 0. The third kappa shape index (κ3) is 2.03. The number of para-hydroxylation sites is 1. The lowest BCUT2D eigenvalue weighted by atomic mass is 9.73. The Morgan fingerprint density at radius 1 is 1.30 bits per heavy atom. The van der Waals surface area contributed by atoms with Gasteiger partial charge < -0.3 is 14.7 Å². The number of aromatic hydroxyl groups is 1. The van der Waals surface area contributed by atoms with E-state index in [4.69, 9.17) is 4.74 Å². The van der Waals surface area contributed by atoms with Crippen molar-refractivity contribution in [3.63, 3.8) is 0 Å². The molecule has 1 aromatic rings. The SMILES string of the molecule is CC1CCCC2C1OC(=O)N(C)C2c1ccccc1O. The second-order valence-corrected chi connectivity index (χ2v) is 6.03. The monoisotopic (exact) mass is 275 g/mol. The van der Waals surface area contributed by atoms with Crippen molar-refractivity contribution in [3.8, 4) is 5.75 Å². The van der Waals surface area contributed by atoms with Gasteiger partial charge >= 0.3 is 6.09 Å². The van der Waals surface area contributed by atoms with E-state index in [9.17, 15) is 9.90 Å². The first kappa shape index (κ1) is 13.3. The van der Waals surface area contributed by atoms with E-state index in [0.717, 1.165) is 24.8 Å². The fourth-order valence-corrected chi connectivity index (χ4v) is 3.74. The van der Waals surface area contributed by atoms with E-state index < -0.39 is 0 Å². The third-order valence-electron chi connectivity index (χ3n) is 4.78. The van der Waals surface area contributed by atoms with Crippen LogP contribution in [-0.4, -0.2) is 29.3 Å². The van der Waals surface area contributed by atoms with Gasteiger partial charge in [-0.2, -0.15) is 0 Å². The number of hydrogen-bond acceptors (Lipinski definition) is 3. The Bertz CT molecular complexity index is 516. The van der Waals surface area contributed by atoms with Crippen molar-refractivity contribution in [1.82, 2.24) is 4.90 Å². The van der Waals surface area contributed by atoms with Gasteiger partial charge in [0.1, 0.15) is 11.9 Å². The Morgan fingerprint density at radius 2 is 2.05 bits per heavy atom. The number of hydrogen-bond donors (Lipinski definition) is 1. The van der Waals surface area contributed by atoms with E-state index in [1.807, 2.05) is 12.1 Å². The highest BCUT2D eigenvalue weighted by Gasteiger charge is 2.46. The van der Waals surface area contributed by atoms with E-state index in [1.165, 1.54) is 0 Å². The van der Waals surface area contributed by atoms with E-state index in [2.05, 4.69) is 6.92 Å². The Balaban J connectivity index is 2.01. The number of amides is 1. The number of phenols is 1. The van der Waals surface area contributed by atoms with Crippen molar-refractivity contribution in [1.29, 1.82) is 0 Å². The fourth-order valence-electron chi connectivity index (χ4n) is 3.74. The summed E-state index contributed by atoms with van der Waals surface area (Å²) in [5.74, 6) is 0.908. The number of phenolic OH excluding ortho intramolecular Hbond substituents is 1. The number of nitrogens with zero attached hydrogens (tertiary/aromatic N) is 1. The van der Waals surface area contributed by atoms with Crippen LogP contribution in [0.2, 0.25) is 0 Å². The highest BCUT2D eigenvalue weighted by atomic mass is 16.6. The van der Waals surface area contributed by atoms with E-state index in [-0.39, 0.29) is 29.9 Å². The van der Waals surface area contributed by atoms with E-state index >= 15 is 0 Å². The molecule has 1 aromatic carbocycles. The normalized spacial score (nSPS) is 33.5. The van der Waals surface area contributed by atoms with E-state index in [0.29, 0.717) is 5.92 Å². The van der Waals surface area contributed by atoms with Gasteiger partial charge in [0, 0.05) is 18.5 Å². The standard InChI is InChI=1S/C16H21NO3/c1-10-6-5-8-12-14(11-7-3-4-9-13(11)18)17(2)16(19)20-15(10)12/h3-4,7,9-10,12,14-15,18H,5-6,8H2,1-2H3. The molecular formula is C16H21NO3. The summed E-state index contributed by atoms with van der Waals surface area (Å²) in [6.45, 7) is 2.15. The molecule has 2 aliphatic rings. The average molecular weight is 275 g/mol. The summed E-state index contributed by atoms with van der Waals surface area (Å²) in [6, 6.07) is 7.21. The molecular weight excluding hydrogens is 254 g/mol. The molecule has 2 fully saturated rings. The van der Waals surface area contributed by atoms with Crippen LogP contribution in [0.5, 0.6) is 5.75 Å². The minimum absolute atomic E-state index is 0.0305. The Hall–Kier alpha value is -1.71. The molecule has 4 nitrogen and oxygen atoms in total. The molecule has 108 valence electrons. The van der Waals surface area contributed by atoms with Gasteiger partial charge in [-0.1, -0.05) is 31.5 Å². The lowest BCUT2D eigenvalue weighted by Gasteiger charge is -2.47. The maximum atomic E-state index is 12.1.